The summed E-state index contributed by atoms with van der Waals surface area (Å²) in [7, 11) is 0. The van der Waals surface area contributed by atoms with Gasteiger partial charge in [-0.3, -0.25) is 9.78 Å². The zero-order chi connectivity index (χ0) is 15.1. The van der Waals surface area contributed by atoms with Crippen molar-refractivity contribution >= 4 is 17.7 Å². The summed E-state index contributed by atoms with van der Waals surface area (Å²) in [4.78, 5) is 14.7. The number of aryl methyl sites for hydroxylation is 2. The molecular formula is C14H18N4O2S. The van der Waals surface area contributed by atoms with Gasteiger partial charge < -0.3 is 9.67 Å². The van der Waals surface area contributed by atoms with Crippen LogP contribution in [0, 0.1) is 0 Å². The van der Waals surface area contributed by atoms with E-state index in [0.29, 0.717) is 5.16 Å². The minimum atomic E-state index is -0.843. The van der Waals surface area contributed by atoms with Crippen LogP contribution >= 0.6 is 11.8 Å². The molecule has 2 heterocycles. The highest BCUT2D eigenvalue weighted by Gasteiger charge is 2.13. The van der Waals surface area contributed by atoms with Gasteiger partial charge >= 0.3 is 5.97 Å². The molecule has 0 fully saturated rings. The summed E-state index contributed by atoms with van der Waals surface area (Å²) in [6.45, 7) is 2.89. The summed E-state index contributed by atoms with van der Waals surface area (Å²) in [6.07, 6.45) is 6.17. The fraction of sp³-hybridized carbons (Fsp3) is 0.429. The number of carboxylic acid groups (broad SMARTS) is 1. The third-order valence-electron chi connectivity index (χ3n) is 2.95. The highest BCUT2D eigenvalue weighted by molar-refractivity contribution is 7.99. The topological polar surface area (TPSA) is 80.9 Å². The van der Waals surface area contributed by atoms with Crippen LogP contribution in [0.2, 0.25) is 0 Å². The molecule has 2 aromatic heterocycles. The van der Waals surface area contributed by atoms with Crippen molar-refractivity contribution in [3.05, 3.63) is 35.9 Å². The fourth-order valence-electron chi connectivity index (χ4n) is 1.99. The molecule has 0 bridgehead atoms. The minimum Gasteiger partial charge on any atom is -0.481 e. The van der Waals surface area contributed by atoms with Crippen LogP contribution in [0.15, 0.2) is 29.7 Å². The van der Waals surface area contributed by atoms with Crippen LogP contribution in [-0.4, -0.2) is 36.6 Å². The predicted molar refractivity (Wildman–Crippen MR) is 80.3 cm³/mol. The van der Waals surface area contributed by atoms with E-state index in [1.54, 1.807) is 12.4 Å². The number of pyridine rings is 1. The molecule has 2 aromatic rings. The zero-order valence-electron chi connectivity index (χ0n) is 11.9. The molecular weight excluding hydrogens is 288 g/mol. The van der Waals surface area contributed by atoms with E-state index in [1.165, 1.54) is 17.3 Å². The monoisotopic (exact) mass is 306 g/mol. The van der Waals surface area contributed by atoms with Gasteiger partial charge in [-0.05, 0) is 30.5 Å². The van der Waals surface area contributed by atoms with Crippen molar-refractivity contribution in [3.63, 3.8) is 0 Å². The van der Waals surface area contributed by atoms with Gasteiger partial charge in [0.05, 0.1) is 5.75 Å². The quantitative estimate of drug-likeness (QED) is 0.752. The van der Waals surface area contributed by atoms with Crippen molar-refractivity contribution in [2.75, 3.05) is 5.75 Å². The average molecular weight is 306 g/mol. The first-order valence-electron chi connectivity index (χ1n) is 6.86. The highest BCUT2D eigenvalue weighted by atomic mass is 32.2. The first kappa shape index (κ1) is 15.5. The molecule has 0 unspecified atom stereocenters. The number of aromatic nitrogens is 4. The Morgan fingerprint density at radius 2 is 2.05 bits per heavy atom. The first-order valence-corrected chi connectivity index (χ1v) is 7.84. The van der Waals surface area contributed by atoms with Crippen molar-refractivity contribution in [3.8, 4) is 0 Å². The smallest absolute Gasteiger partial charge is 0.313 e. The van der Waals surface area contributed by atoms with Gasteiger partial charge in [0, 0.05) is 25.4 Å². The molecule has 0 radical (unpaired) electrons. The number of carbonyl (C=O) groups is 1. The Balaban J connectivity index is 2.06. The lowest BCUT2D eigenvalue weighted by Gasteiger charge is -2.08. The Bertz CT molecular complexity index is 586. The maximum absolute atomic E-state index is 10.7. The molecule has 0 saturated carbocycles. The Morgan fingerprint density at radius 3 is 2.71 bits per heavy atom. The van der Waals surface area contributed by atoms with Gasteiger partial charge in [-0.15, -0.1) is 10.2 Å². The van der Waals surface area contributed by atoms with Crippen molar-refractivity contribution in [1.29, 1.82) is 0 Å². The van der Waals surface area contributed by atoms with E-state index in [1.807, 2.05) is 16.7 Å². The van der Waals surface area contributed by atoms with Crippen LogP contribution in [0.4, 0.5) is 0 Å². The third-order valence-corrected chi connectivity index (χ3v) is 3.90. The largest absolute Gasteiger partial charge is 0.481 e. The summed E-state index contributed by atoms with van der Waals surface area (Å²) in [5.74, 6) is 0.0672. The van der Waals surface area contributed by atoms with E-state index >= 15 is 0 Å². The summed E-state index contributed by atoms with van der Waals surface area (Å²) in [5.41, 5.74) is 1.20. The van der Waals surface area contributed by atoms with Crippen LogP contribution < -0.4 is 0 Å². The molecule has 112 valence electrons. The molecule has 21 heavy (non-hydrogen) atoms. The molecule has 0 saturated heterocycles. The number of hydrogen-bond donors (Lipinski definition) is 1. The number of aliphatic carboxylic acids is 1. The van der Waals surface area contributed by atoms with Gasteiger partial charge in [0.15, 0.2) is 5.16 Å². The van der Waals surface area contributed by atoms with Gasteiger partial charge in [0.2, 0.25) is 0 Å². The summed E-state index contributed by atoms with van der Waals surface area (Å²) in [5, 5.41) is 17.8. The number of thioether (sulfide) groups is 1. The van der Waals surface area contributed by atoms with Crippen LogP contribution in [0.25, 0.3) is 0 Å². The summed E-state index contributed by atoms with van der Waals surface area (Å²) in [6, 6.07) is 3.97. The molecule has 0 aliphatic rings. The van der Waals surface area contributed by atoms with E-state index in [4.69, 9.17) is 5.11 Å². The van der Waals surface area contributed by atoms with E-state index in [2.05, 4.69) is 22.1 Å². The summed E-state index contributed by atoms with van der Waals surface area (Å²) >= 11 is 1.22. The van der Waals surface area contributed by atoms with E-state index in [9.17, 15) is 4.79 Å². The fourth-order valence-corrected chi connectivity index (χ4v) is 2.69. The van der Waals surface area contributed by atoms with Crippen molar-refractivity contribution in [2.24, 2.45) is 0 Å². The predicted octanol–water partition coefficient (Wildman–Crippen LogP) is 2.04. The van der Waals surface area contributed by atoms with Gasteiger partial charge in [-0.1, -0.05) is 18.7 Å². The second-order valence-corrected chi connectivity index (χ2v) is 5.53. The highest BCUT2D eigenvalue weighted by Crippen LogP contribution is 2.18. The lowest BCUT2D eigenvalue weighted by molar-refractivity contribution is -0.133. The molecule has 2 rings (SSSR count). The molecule has 0 aromatic carbocycles. The van der Waals surface area contributed by atoms with E-state index in [-0.39, 0.29) is 5.75 Å². The first-order chi connectivity index (χ1) is 10.2. The second kappa shape index (κ2) is 7.78. The van der Waals surface area contributed by atoms with Crippen LogP contribution in [0.3, 0.4) is 0 Å². The van der Waals surface area contributed by atoms with Crippen molar-refractivity contribution in [2.45, 2.75) is 37.9 Å². The van der Waals surface area contributed by atoms with Crippen LogP contribution in [0.5, 0.6) is 0 Å². The second-order valence-electron chi connectivity index (χ2n) is 4.59. The van der Waals surface area contributed by atoms with Crippen molar-refractivity contribution < 1.29 is 9.90 Å². The number of carboxylic acids is 1. The lowest BCUT2D eigenvalue weighted by atomic mass is 10.1. The van der Waals surface area contributed by atoms with Crippen LogP contribution in [-0.2, 0) is 24.2 Å². The standard InChI is InChI=1S/C14H18N4O2S/c1-2-9-18-12(4-3-11-5-7-15-8-6-11)16-17-14(18)21-10-13(19)20/h5-8H,2-4,9-10H2,1H3,(H,19,20). The number of hydrogen-bond acceptors (Lipinski definition) is 5. The Hall–Kier alpha value is -1.89. The Morgan fingerprint density at radius 1 is 1.29 bits per heavy atom. The molecule has 7 heteroatoms. The van der Waals surface area contributed by atoms with E-state index < -0.39 is 5.97 Å². The molecule has 0 spiro atoms. The molecule has 1 N–H and O–H groups in total. The average Bonchev–Trinajstić information content (AvgIpc) is 2.87. The molecule has 0 aliphatic carbocycles. The van der Waals surface area contributed by atoms with Gasteiger partial charge in [-0.2, -0.15) is 0 Å². The normalized spacial score (nSPS) is 10.7. The maximum Gasteiger partial charge on any atom is 0.313 e. The molecule has 0 atom stereocenters. The Labute approximate surface area is 127 Å². The maximum atomic E-state index is 10.7. The van der Waals surface area contributed by atoms with E-state index in [0.717, 1.165) is 31.6 Å². The third kappa shape index (κ3) is 4.56. The lowest BCUT2D eigenvalue weighted by Crippen LogP contribution is -2.07. The Kier molecular flexibility index (Phi) is 5.74. The number of nitrogens with zero attached hydrogens (tertiary/aromatic N) is 4. The van der Waals surface area contributed by atoms with Crippen LogP contribution in [0.1, 0.15) is 24.7 Å². The molecule has 0 amide bonds. The summed E-state index contributed by atoms with van der Waals surface area (Å²) < 4.78 is 2.02. The van der Waals surface area contributed by atoms with Gasteiger partial charge in [0.1, 0.15) is 5.82 Å². The molecule has 6 nitrogen and oxygen atoms in total. The van der Waals surface area contributed by atoms with Gasteiger partial charge in [-0.25, -0.2) is 0 Å². The van der Waals surface area contributed by atoms with Crippen molar-refractivity contribution in [1.82, 2.24) is 19.7 Å². The van der Waals surface area contributed by atoms with Gasteiger partial charge in [0.25, 0.3) is 0 Å². The molecule has 0 aliphatic heterocycles. The zero-order valence-corrected chi connectivity index (χ0v) is 12.7. The minimum absolute atomic E-state index is 0.00615. The SMILES string of the molecule is CCCn1c(CCc2ccncc2)nnc1SCC(=O)O. The number of rotatable bonds is 8.